The van der Waals surface area contributed by atoms with Gasteiger partial charge in [-0.25, -0.2) is 5.43 Å². The number of rotatable bonds is 6. The van der Waals surface area contributed by atoms with Crippen molar-refractivity contribution in [1.82, 2.24) is 5.43 Å². The summed E-state index contributed by atoms with van der Waals surface area (Å²) in [6, 6.07) is 10.8. The van der Waals surface area contributed by atoms with E-state index >= 15 is 0 Å². The van der Waals surface area contributed by atoms with Crippen LogP contribution in [0.25, 0.3) is 0 Å². The molecule has 2 aromatic carbocycles. The van der Waals surface area contributed by atoms with Crippen molar-refractivity contribution in [2.75, 3.05) is 5.32 Å². The van der Waals surface area contributed by atoms with Gasteiger partial charge in [0, 0.05) is 28.4 Å². The van der Waals surface area contributed by atoms with Gasteiger partial charge >= 0.3 is 0 Å². The number of amides is 2. The van der Waals surface area contributed by atoms with Gasteiger partial charge in [0.15, 0.2) is 0 Å². The second-order valence-electron chi connectivity index (χ2n) is 5.33. The Morgan fingerprint density at radius 2 is 2.00 bits per heavy atom. The van der Waals surface area contributed by atoms with Crippen molar-refractivity contribution in [3.63, 3.8) is 0 Å². The molecule has 0 aliphatic carbocycles. The zero-order valence-electron chi connectivity index (χ0n) is 13.7. The van der Waals surface area contributed by atoms with Crippen molar-refractivity contribution in [3.05, 3.63) is 68.7 Å². The maximum atomic E-state index is 11.8. The highest BCUT2D eigenvalue weighted by atomic mass is 35.5. The Balaban J connectivity index is 1.86. The van der Waals surface area contributed by atoms with Gasteiger partial charge in [0.25, 0.3) is 5.69 Å². The van der Waals surface area contributed by atoms with Crippen LogP contribution in [-0.4, -0.2) is 23.0 Å². The van der Waals surface area contributed by atoms with Gasteiger partial charge in [-0.1, -0.05) is 29.8 Å². The summed E-state index contributed by atoms with van der Waals surface area (Å²) >= 11 is 5.97. The normalized spacial score (nSPS) is 10.5. The first-order chi connectivity index (χ1) is 12.3. The lowest BCUT2D eigenvalue weighted by molar-refractivity contribution is -0.384. The summed E-state index contributed by atoms with van der Waals surface area (Å²) in [5, 5.41) is 17.4. The second-order valence-corrected chi connectivity index (χ2v) is 5.74. The maximum Gasteiger partial charge on any atom is 0.270 e. The molecule has 0 aromatic heterocycles. The molecule has 2 rings (SSSR count). The van der Waals surface area contributed by atoms with E-state index in [0.717, 1.165) is 5.56 Å². The summed E-state index contributed by atoms with van der Waals surface area (Å²) in [4.78, 5) is 33.7. The molecule has 0 bridgehead atoms. The zero-order valence-corrected chi connectivity index (χ0v) is 14.5. The fraction of sp³-hybridized carbons (Fsp3) is 0.118. The van der Waals surface area contributed by atoms with Gasteiger partial charge in [0.05, 0.1) is 11.1 Å². The van der Waals surface area contributed by atoms with E-state index in [0.29, 0.717) is 16.3 Å². The van der Waals surface area contributed by atoms with Crippen LogP contribution in [-0.2, 0) is 9.59 Å². The van der Waals surface area contributed by atoms with Crippen LogP contribution in [0.3, 0.4) is 0 Å². The molecule has 0 atom stereocenters. The lowest BCUT2D eigenvalue weighted by Gasteiger charge is -2.06. The summed E-state index contributed by atoms with van der Waals surface area (Å²) in [6.07, 6.45) is 0.820. The molecule has 0 radical (unpaired) electrons. The molecular formula is C17H15ClN4O4. The van der Waals surface area contributed by atoms with Crippen LogP contribution >= 0.6 is 11.6 Å². The minimum Gasteiger partial charge on any atom is -0.326 e. The van der Waals surface area contributed by atoms with Crippen LogP contribution in [0, 0.1) is 17.0 Å². The van der Waals surface area contributed by atoms with Crippen LogP contribution in [0.5, 0.6) is 0 Å². The Labute approximate surface area is 154 Å². The number of nitrogens with one attached hydrogen (secondary N) is 2. The number of hydrazone groups is 1. The Morgan fingerprint density at radius 1 is 1.23 bits per heavy atom. The van der Waals surface area contributed by atoms with Gasteiger partial charge < -0.3 is 5.32 Å². The fourth-order valence-electron chi connectivity index (χ4n) is 1.96. The molecule has 0 aliphatic rings. The molecule has 8 nitrogen and oxygen atoms in total. The first-order valence-electron chi connectivity index (χ1n) is 7.47. The summed E-state index contributed by atoms with van der Waals surface area (Å²) in [6.45, 7) is 1.83. The average Bonchev–Trinajstić information content (AvgIpc) is 2.58. The van der Waals surface area contributed by atoms with E-state index in [1.807, 2.05) is 6.92 Å². The number of nitrogens with zero attached hydrogens (tertiary/aromatic N) is 2. The van der Waals surface area contributed by atoms with Gasteiger partial charge in [-0.15, -0.1) is 0 Å². The van der Waals surface area contributed by atoms with Gasteiger partial charge in [-0.05, 0) is 24.6 Å². The molecule has 0 aliphatic heterocycles. The van der Waals surface area contributed by atoms with Crippen LogP contribution in [0.15, 0.2) is 47.6 Å². The molecule has 134 valence electrons. The predicted octanol–water partition coefficient (Wildman–Crippen LogP) is 3.04. The quantitative estimate of drug-likeness (QED) is 0.350. The number of carbonyl (C=O) groups excluding carboxylic acids is 2. The highest BCUT2D eigenvalue weighted by Gasteiger charge is 2.10. The summed E-state index contributed by atoms with van der Waals surface area (Å²) in [5.74, 6) is -1.14. The Bertz CT molecular complexity index is 883. The molecule has 0 unspecified atom stereocenters. The van der Waals surface area contributed by atoms with Crippen LogP contribution in [0.1, 0.15) is 17.5 Å². The number of carbonyl (C=O) groups is 2. The van der Waals surface area contributed by atoms with Gasteiger partial charge in [0.1, 0.15) is 6.42 Å². The molecule has 0 saturated carbocycles. The van der Waals surface area contributed by atoms with Crippen molar-refractivity contribution >= 4 is 41.0 Å². The van der Waals surface area contributed by atoms with E-state index in [-0.39, 0.29) is 5.69 Å². The van der Waals surface area contributed by atoms with Crippen LogP contribution in [0.2, 0.25) is 5.02 Å². The Kier molecular flexibility index (Phi) is 6.40. The summed E-state index contributed by atoms with van der Waals surface area (Å²) in [7, 11) is 0. The molecule has 2 amide bonds. The van der Waals surface area contributed by atoms with Crippen LogP contribution in [0.4, 0.5) is 11.4 Å². The number of anilines is 1. The fourth-order valence-corrected chi connectivity index (χ4v) is 2.14. The number of hydrogen-bond acceptors (Lipinski definition) is 5. The highest BCUT2D eigenvalue weighted by Crippen LogP contribution is 2.20. The SMILES string of the molecule is Cc1ccc(NC(=O)CC(=O)NN=Cc2cccc([N+](=O)[O-])c2)cc1Cl. The third-order valence-electron chi connectivity index (χ3n) is 3.26. The number of hydrogen-bond donors (Lipinski definition) is 2. The number of benzene rings is 2. The zero-order chi connectivity index (χ0) is 19.1. The minimum absolute atomic E-state index is 0.0867. The van der Waals surface area contributed by atoms with E-state index < -0.39 is 23.2 Å². The predicted molar refractivity (Wildman–Crippen MR) is 98.3 cm³/mol. The first kappa shape index (κ1) is 19.1. The van der Waals surface area contributed by atoms with Crippen molar-refractivity contribution in [2.24, 2.45) is 5.10 Å². The van der Waals surface area contributed by atoms with Gasteiger partial charge in [-0.2, -0.15) is 5.10 Å². The Morgan fingerprint density at radius 3 is 2.69 bits per heavy atom. The number of nitro benzene ring substituents is 1. The smallest absolute Gasteiger partial charge is 0.270 e. The summed E-state index contributed by atoms with van der Waals surface area (Å²) < 4.78 is 0. The molecule has 2 aromatic rings. The van der Waals surface area contributed by atoms with Crippen LogP contribution < -0.4 is 10.7 Å². The minimum atomic E-state index is -0.623. The standard InChI is InChI=1S/C17H15ClN4O4/c1-11-5-6-13(8-15(11)18)20-16(23)9-17(24)21-19-10-12-3-2-4-14(7-12)22(25)26/h2-8,10H,9H2,1H3,(H,20,23)(H,21,24). The highest BCUT2D eigenvalue weighted by molar-refractivity contribution is 6.31. The largest absolute Gasteiger partial charge is 0.326 e. The molecule has 0 saturated heterocycles. The number of aryl methyl sites for hydroxylation is 1. The number of halogens is 1. The Hall–Kier alpha value is -3.26. The van der Waals surface area contributed by atoms with E-state index in [2.05, 4.69) is 15.8 Å². The lowest BCUT2D eigenvalue weighted by atomic mass is 10.2. The van der Waals surface area contributed by atoms with Crippen molar-refractivity contribution in [2.45, 2.75) is 13.3 Å². The maximum absolute atomic E-state index is 11.8. The number of non-ortho nitro benzene ring substituents is 1. The molecule has 9 heteroatoms. The van der Waals surface area contributed by atoms with Gasteiger partial charge in [-0.3, -0.25) is 19.7 Å². The molecule has 26 heavy (non-hydrogen) atoms. The van der Waals surface area contributed by atoms with E-state index in [1.165, 1.54) is 24.4 Å². The monoisotopic (exact) mass is 374 g/mol. The lowest BCUT2D eigenvalue weighted by Crippen LogP contribution is -2.24. The van der Waals surface area contributed by atoms with E-state index in [9.17, 15) is 19.7 Å². The summed E-state index contributed by atoms with van der Waals surface area (Å²) in [5.41, 5.74) is 3.90. The first-order valence-corrected chi connectivity index (χ1v) is 7.85. The topological polar surface area (TPSA) is 114 Å². The van der Waals surface area contributed by atoms with Crippen molar-refractivity contribution < 1.29 is 14.5 Å². The van der Waals surface area contributed by atoms with E-state index in [4.69, 9.17) is 11.6 Å². The third-order valence-corrected chi connectivity index (χ3v) is 3.67. The van der Waals surface area contributed by atoms with Crippen molar-refractivity contribution in [3.8, 4) is 0 Å². The third kappa shape index (κ3) is 5.67. The second kappa shape index (κ2) is 8.72. The average molecular weight is 375 g/mol. The molecule has 0 heterocycles. The molecular weight excluding hydrogens is 360 g/mol. The molecule has 0 fully saturated rings. The number of nitro groups is 1. The van der Waals surface area contributed by atoms with Gasteiger partial charge in [0.2, 0.25) is 11.8 Å². The van der Waals surface area contributed by atoms with E-state index in [1.54, 1.807) is 24.3 Å². The molecule has 0 spiro atoms. The molecule has 2 N–H and O–H groups in total. The van der Waals surface area contributed by atoms with Crippen molar-refractivity contribution in [1.29, 1.82) is 0 Å².